The number of hydrogen-bond acceptors (Lipinski definition) is 5. The fourth-order valence-electron chi connectivity index (χ4n) is 9.38. The normalized spacial score (nSPS) is 19.1. The number of methoxy groups -OCH3 is 1. The Morgan fingerprint density at radius 3 is 1.40 bits per heavy atom. The molecule has 5 nitrogen and oxygen atoms in total. The summed E-state index contributed by atoms with van der Waals surface area (Å²) < 4.78 is 28.8. The minimum Gasteiger partial charge on any atom is -0.412 e. The van der Waals surface area contributed by atoms with Crippen molar-refractivity contribution < 1.29 is 23.1 Å². The summed E-state index contributed by atoms with van der Waals surface area (Å²) in [6.45, 7) is 42.0. The van der Waals surface area contributed by atoms with Gasteiger partial charge < -0.3 is 23.1 Å². The Labute approximate surface area is 314 Å². The maximum Gasteiger partial charge on any atom is 0.200 e. The van der Waals surface area contributed by atoms with Crippen molar-refractivity contribution >= 4 is 45.5 Å². The second kappa shape index (κ2) is 22.3. The Kier molecular flexibility index (Phi) is 22.3. The van der Waals surface area contributed by atoms with Crippen molar-refractivity contribution in [1.82, 2.24) is 0 Å². The van der Waals surface area contributed by atoms with Crippen LogP contribution in [-0.4, -0.2) is 55.1 Å². The van der Waals surface area contributed by atoms with Crippen molar-refractivity contribution in [2.24, 2.45) is 29.6 Å². The second-order valence-corrected chi connectivity index (χ2v) is 28.5. The predicted molar refractivity (Wildman–Crippen MR) is 222 cm³/mol. The molecular weight excluding hydrogens is 744 g/mol. The van der Waals surface area contributed by atoms with Crippen LogP contribution in [0.3, 0.4) is 0 Å². The van der Waals surface area contributed by atoms with Crippen LogP contribution in [0.1, 0.15) is 131 Å². The third-order valence-electron chi connectivity index (χ3n) is 11.4. The summed E-state index contributed by atoms with van der Waals surface area (Å²) in [5.41, 5.74) is 4.32. The van der Waals surface area contributed by atoms with Crippen molar-refractivity contribution in [1.29, 1.82) is 0 Å². The highest BCUT2D eigenvalue weighted by Crippen LogP contribution is 2.47. The molecule has 0 saturated carbocycles. The van der Waals surface area contributed by atoms with Gasteiger partial charge in [0.1, 0.15) is 13.1 Å². The van der Waals surface area contributed by atoms with E-state index in [0.717, 1.165) is 12.7 Å². The van der Waals surface area contributed by atoms with Crippen LogP contribution in [0.15, 0.2) is 21.8 Å². The van der Waals surface area contributed by atoms with Crippen LogP contribution in [0.2, 0.25) is 33.2 Å². The molecule has 0 aliphatic rings. The second-order valence-electron chi connectivity index (χ2n) is 16.9. The summed E-state index contributed by atoms with van der Waals surface area (Å²) in [6.07, 6.45) is 6.46. The minimum atomic E-state index is -2.24. The molecular formula is C40H79IO5Si2. The van der Waals surface area contributed by atoms with Crippen LogP contribution in [0.4, 0.5) is 0 Å². The van der Waals surface area contributed by atoms with Gasteiger partial charge in [-0.3, -0.25) is 0 Å². The van der Waals surface area contributed by atoms with E-state index in [4.69, 9.17) is 18.3 Å². The zero-order valence-electron chi connectivity index (χ0n) is 34.7. The number of allylic oxidation sites excluding steroid dienone is 1. The topological polar surface area (TPSA) is 54.0 Å². The van der Waals surface area contributed by atoms with E-state index in [2.05, 4.69) is 157 Å². The first-order chi connectivity index (χ1) is 22.1. The highest BCUT2D eigenvalue weighted by molar-refractivity contribution is 14.1. The van der Waals surface area contributed by atoms with Gasteiger partial charge in [-0.25, -0.2) is 0 Å². The largest absolute Gasteiger partial charge is 0.412 e. The highest BCUT2D eigenvalue weighted by atomic mass is 127. The molecule has 0 rings (SSSR count). The van der Waals surface area contributed by atoms with Gasteiger partial charge in [0.15, 0.2) is 0 Å². The Bertz CT molecular complexity index is 920. The highest BCUT2D eigenvalue weighted by Gasteiger charge is 2.50. The lowest BCUT2D eigenvalue weighted by atomic mass is 9.82. The summed E-state index contributed by atoms with van der Waals surface area (Å²) >= 11 is 2.35. The van der Waals surface area contributed by atoms with Crippen LogP contribution in [0.5, 0.6) is 0 Å². The molecule has 0 spiro atoms. The number of ether oxygens (including phenoxy) is 2. The number of halogens is 1. The van der Waals surface area contributed by atoms with Gasteiger partial charge in [0, 0.05) is 24.9 Å². The average molecular weight is 823 g/mol. The van der Waals surface area contributed by atoms with Gasteiger partial charge >= 0.3 is 0 Å². The Morgan fingerprint density at radius 1 is 0.625 bits per heavy atom. The molecule has 0 heterocycles. The fourth-order valence-corrected chi connectivity index (χ4v) is 21.5. The molecule has 284 valence electrons. The average Bonchev–Trinajstić information content (AvgIpc) is 2.96. The summed E-state index contributed by atoms with van der Waals surface area (Å²) in [4.78, 5) is 12.1. The van der Waals surface area contributed by atoms with Crippen LogP contribution in [0.25, 0.3) is 0 Å². The zero-order valence-corrected chi connectivity index (χ0v) is 38.9. The lowest BCUT2D eigenvalue weighted by Crippen LogP contribution is -2.54. The molecule has 0 aromatic heterocycles. The minimum absolute atomic E-state index is 0.00309. The van der Waals surface area contributed by atoms with Crippen molar-refractivity contribution in [3.8, 4) is 0 Å². The zero-order chi connectivity index (χ0) is 37.7. The lowest BCUT2D eigenvalue weighted by molar-refractivity contribution is -0.139. The maximum atomic E-state index is 12.1. The van der Waals surface area contributed by atoms with E-state index in [9.17, 15) is 4.79 Å². The van der Waals surface area contributed by atoms with E-state index >= 15 is 0 Å². The number of aldehydes is 1. The molecule has 0 aliphatic heterocycles. The van der Waals surface area contributed by atoms with Crippen LogP contribution < -0.4 is 0 Å². The van der Waals surface area contributed by atoms with Crippen molar-refractivity contribution in [2.75, 3.05) is 13.9 Å². The molecule has 0 unspecified atom stereocenters. The Hall–Kier alpha value is 0.154. The third kappa shape index (κ3) is 12.4. The maximum absolute atomic E-state index is 12.1. The fraction of sp³-hybridized carbons (Fsp3) is 0.875. The van der Waals surface area contributed by atoms with Gasteiger partial charge in [-0.05, 0) is 62.5 Å². The monoisotopic (exact) mass is 822 g/mol. The SMILES string of the molecule is COCO[C@@H]([C@H](C)[C@@H](O[Si](C(C)C)(C(C)C)C(C)C)[C@H](C)C/C(C)=C\[C@@H](C)[C@H](O[Si](C(C)C)(C(C)C)C(C)C)[C@H](C)/C=C\I)[C@H](C)C=O. The summed E-state index contributed by atoms with van der Waals surface area (Å²) in [5, 5.41) is 0. The van der Waals surface area contributed by atoms with Gasteiger partial charge in [0.25, 0.3) is 0 Å². The van der Waals surface area contributed by atoms with E-state index in [1.165, 1.54) is 5.57 Å². The van der Waals surface area contributed by atoms with Gasteiger partial charge in [-0.1, -0.05) is 158 Å². The smallest absolute Gasteiger partial charge is 0.200 e. The van der Waals surface area contributed by atoms with Gasteiger partial charge in [0.05, 0.1) is 18.3 Å². The van der Waals surface area contributed by atoms with Crippen LogP contribution >= 0.6 is 22.6 Å². The first-order valence-corrected chi connectivity index (χ1v) is 24.5. The van der Waals surface area contributed by atoms with Gasteiger partial charge in [0.2, 0.25) is 16.6 Å². The lowest BCUT2D eigenvalue weighted by Gasteiger charge is -2.48. The molecule has 0 bridgehead atoms. The molecule has 0 radical (unpaired) electrons. The number of rotatable bonds is 24. The first-order valence-electron chi connectivity index (χ1n) is 19.0. The number of hydrogen-bond donors (Lipinski definition) is 0. The quantitative estimate of drug-likeness (QED) is 0.0319. The van der Waals surface area contributed by atoms with Crippen molar-refractivity contribution in [2.45, 2.75) is 183 Å². The predicted octanol–water partition coefficient (Wildman–Crippen LogP) is 12.8. The summed E-state index contributed by atoms with van der Waals surface area (Å²) in [5.74, 6) is 0.513. The van der Waals surface area contributed by atoms with Crippen LogP contribution in [0, 0.1) is 29.6 Å². The molecule has 0 saturated heterocycles. The number of carbonyl (C=O) groups is 1. The molecule has 0 aromatic carbocycles. The van der Waals surface area contributed by atoms with Crippen molar-refractivity contribution in [3.63, 3.8) is 0 Å². The Morgan fingerprint density at radius 2 is 1.04 bits per heavy atom. The third-order valence-corrected chi connectivity index (χ3v) is 24.0. The molecule has 8 atom stereocenters. The Balaban J connectivity index is 6.94. The standard InChI is InChI=1S/C40H79IO5Si2/c1-26(2)47(27(3)4,28(5)6)45-38(33(14)20-21-41)34(15)22-32(13)23-35(16)40(37(18)39(36(17)24-42)44-25-43-19)46-48(29(7)8,30(9)10)31(11)12/h20-22,24,26-31,33-40H,23,25H2,1-19H3/b21-20-,32-22-/t33-,34-,35-,36-,37+,38-,39-,40+/m1/s1. The van der Waals surface area contributed by atoms with E-state index in [0.29, 0.717) is 39.2 Å². The molecule has 0 fully saturated rings. The van der Waals surface area contributed by atoms with E-state index < -0.39 is 16.6 Å². The van der Waals surface area contributed by atoms with Crippen LogP contribution in [-0.2, 0) is 23.1 Å². The molecule has 48 heavy (non-hydrogen) atoms. The van der Waals surface area contributed by atoms with E-state index in [1.54, 1.807) is 7.11 Å². The molecule has 8 heteroatoms. The summed E-state index contributed by atoms with van der Waals surface area (Å²) in [7, 11) is -2.70. The first kappa shape index (κ1) is 48.2. The molecule has 0 aromatic rings. The molecule has 0 N–H and O–H groups in total. The van der Waals surface area contributed by atoms with Crippen molar-refractivity contribution in [3.05, 3.63) is 21.8 Å². The molecule has 0 amide bonds. The van der Waals surface area contributed by atoms with E-state index in [-0.39, 0.29) is 48.8 Å². The van der Waals surface area contributed by atoms with Gasteiger partial charge in [-0.2, -0.15) is 0 Å². The van der Waals surface area contributed by atoms with Gasteiger partial charge in [-0.15, -0.1) is 0 Å². The molecule has 0 aliphatic carbocycles. The van der Waals surface area contributed by atoms with E-state index in [1.807, 2.05) is 6.92 Å². The summed E-state index contributed by atoms with van der Waals surface area (Å²) in [6, 6.07) is 0. The number of carbonyl (C=O) groups excluding carboxylic acids is 1.